The Morgan fingerprint density at radius 1 is 1.32 bits per heavy atom. The van der Waals surface area contributed by atoms with Gasteiger partial charge in [0.1, 0.15) is 0 Å². The predicted octanol–water partition coefficient (Wildman–Crippen LogP) is 2.26. The van der Waals surface area contributed by atoms with E-state index in [9.17, 15) is 9.90 Å². The number of thiophene rings is 1. The van der Waals surface area contributed by atoms with Crippen molar-refractivity contribution in [1.29, 1.82) is 0 Å². The molecule has 1 aromatic rings. The number of carbonyl (C=O) groups is 1. The molecule has 3 heterocycles. The van der Waals surface area contributed by atoms with Crippen LogP contribution < -0.4 is 0 Å². The highest BCUT2D eigenvalue weighted by Gasteiger charge is 2.32. The third-order valence-corrected chi connectivity index (χ3v) is 7.05. The molecule has 5 nitrogen and oxygen atoms in total. The molecule has 0 saturated carbocycles. The fourth-order valence-electron chi connectivity index (χ4n) is 3.71. The van der Waals surface area contributed by atoms with E-state index < -0.39 is 0 Å². The Bertz CT molecular complexity index is 560. The fourth-order valence-corrected chi connectivity index (χ4v) is 5.72. The Hall–Kier alpha value is -0.600. The predicted molar refractivity (Wildman–Crippen MR) is 103 cm³/mol. The van der Waals surface area contributed by atoms with Crippen LogP contribution in [0, 0.1) is 11.8 Å². The van der Waals surface area contributed by atoms with Crippen molar-refractivity contribution in [3.8, 4) is 0 Å². The normalized spacial score (nSPS) is 25.3. The van der Waals surface area contributed by atoms with Gasteiger partial charge in [-0.25, -0.2) is 0 Å². The number of likely N-dealkylation sites (tertiary alicyclic amines) is 1. The van der Waals surface area contributed by atoms with Crippen molar-refractivity contribution in [2.24, 2.45) is 11.8 Å². The molecule has 0 spiro atoms. The number of nitrogens with zero attached hydrogens (tertiary/aromatic N) is 2. The lowest BCUT2D eigenvalue weighted by Crippen LogP contribution is -2.49. The molecule has 0 unspecified atom stereocenters. The molecule has 3 rings (SSSR count). The van der Waals surface area contributed by atoms with Crippen LogP contribution in [0.4, 0.5) is 0 Å². The minimum Gasteiger partial charge on any atom is -0.396 e. The lowest BCUT2D eigenvalue weighted by atomic mass is 9.89. The first-order valence-electron chi connectivity index (χ1n) is 9.12. The summed E-state index contributed by atoms with van der Waals surface area (Å²) in [5.41, 5.74) is 0. The van der Waals surface area contributed by atoms with Crippen molar-refractivity contribution in [3.63, 3.8) is 0 Å². The van der Waals surface area contributed by atoms with Gasteiger partial charge in [0.15, 0.2) is 0 Å². The number of carbonyl (C=O) groups excluding carboxylic acids is 1. The largest absolute Gasteiger partial charge is 0.396 e. The van der Waals surface area contributed by atoms with Gasteiger partial charge < -0.3 is 14.7 Å². The van der Waals surface area contributed by atoms with E-state index >= 15 is 0 Å². The van der Waals surface area contributed by atoms with Crippen LogP contribution in [-0.2, 0) is 4.74 Å². The smallest absolute Gasteiger partial charge is 0.263 e. The van der Waals surface area contributed by atoms with Crippen molar-refractivity contribution in [3.05, 3.63) is 17.0 Å². The number of aliphatic hydroxyl groups is 1. The lowest BCUT2D eigenvalue weighted by Gasteiger charge is -2.39. The maximum atomic E-state index is 12.9. The Balaban J connectivity index is 1.63. The minimum atomic E-state index is 0.123. The van der Waals surface area contributed by atoms with Crippen molar-refractivity contribution < 1.29 is 14.6 Å². The molecular formula is C18H28N2O3S2. The molecule has 1 amide bonds. The molecule has 0 aromatic carbocycles. The number of hydrogen-bond acceptors (Lipinski definition) is 6. The third kappa shape index (κ3) is 5.20. The van der Waals surface area contributed by atoms with Gasteiger partial charge in [-0.1, -0.05) is 6.92 Å². The van der Waals surface area contributed by atoms with Gasteiger partial charge in [0.2, 0.25) is 0 Å². The van der Waals surface area contributed by atoms with Gasteiger partial charge in [0, 0.05) is 39.3 Å². The maximum Gasteiger partial charge on any atom is 0.263 e. The average Bonchev–Trinajstić information content (AvgIpc) is 3.10. The van der Waals surface area contributed by atoms with Crippen molar-refractivity contribution in [2.75, 3.05) is 58.3 Å². The molecular weight excluding hydrogens is 356 g/mol. The summed E-state index contributed by atoms with van der Waals surface area (Å²) < 4.78 is 6.62. The van der Waals surface area contributed by atoms with Crippen molar-refractivity contribution in [1.82, 2.24) is 9.80 Å². The van der Waals surface area contributed by atoms with E-state index in [4.69, 9.17) is 4.74 Å². The van der Waals surface area contributed by atoms with E-state index in [0.717, 1.165) is 56.4 Å². The van der Waals surface area contributed by atoms with Crippen LogP contribution in [0.3, 0.4) is 0 Å². The number of morpholine rings is 1. The molecule has 0 bridgehead atoms. The van der Waals surface area contributed by atoms with Crippen LogP contribution in [0.25, 0.3) is 0 Å². The van der Waals surface area contributed by atoms with Gasteiger partial charge in [0.05, 0.1) is 22.3 Å². The zero-order valence-corrected chi connectivity index (χ0v) is 16.5. The molecule has 0 radical (unpaired) electrons. The summed E-state index contributed by atoms with van der Waals surface area (Å²) in [6.45, 7) is 8.27. The molecule has 2 aliphatic heterocycles. The highest BCUT2D eigenvalue weighted by Crippen LogP contribution is 2.30. The second-order valence-electron chi connectivity index (χ2n) is 6.83. The monoisotopic (exact) mass is 384 g/mol. The van der Waals surface area contributed by atoms with E-state index in [-0.39, 0.29) is 18.4 Å². The van der Waals surface area contributed by atoms with Crippen LogP contribution in [0.5, 0.6) is 0 Å². The first-order chi connectivity index (χ1) is 12.2. The molecule has 2 fully saturated rings. The van der Waals surface area contributed by atoms with Gasteiger partial charge in [-0.2, -0.15) is 0 Å². The zero-order valence-electron chi connectivity index (χ0n) is 14.9. The van der Waals surface area contributed by atoms with Gasteiger partial charge in [-0.15, -0.1) is 23.1 Å². The Morgan fingerprint density at radius 3 is 2.80 bits per heavy atom. The summed E-state index contributed by atoms with van der Waals surface area (Å²) in [6.07, 6.45) is 0.999. The molecule has 2 atom stereocenters. The molecule has 1 N–H and O–H groups in total. The molecule has 0 aliphatic carbocycles. The molecule has 2 aliphatic rings. The van der Waals surface area contributed by atoms with E-state index in [1.165, 1.54) is 4.21 Å². The number of rotatable bonds is 6. The van der Waals surface area contributed by atoms with Crippen LogP contribution in [0.2, 0.25) is 0 Å². The summed E-state index contributed by atoms with van der Waals surface area (Å²) in [5, 5.41) is 9.69. The van der Waals surface area contributed by atoms with Crippen LogP contribution >= 0.6 is 23.1 Å². The quantitative estimate of drug-likeness (QED) is 0.763. The standard InChI is InChI=1S/C18H28N2O3S2/c1-2-24-17-4-3-16(25-17)18(22)20-11-14(9-15(12-20)13-21)10-19-5-7-23-8-6-19/h3-4,14-15,21H,2,5-13H2,1H3/t14-,15-/m1/s1. The first-order valence-corrected chi connectivity index (χ1v) is 10.9. The molecule has 25 heavy (non-hydrogen) atoms. The van der Waals surface area contributed by atoms with Crippen LogP contribution in [-0.4, -0.2) is 79.1 Å². The van der Waals surface area contributed by atoms with E-state index in [0.29, 0.717) is 12.5 Å². The zero-order chi connectivity index (χ0) is 17.6. The van der Waals surface area contributed by atoms with Gasteiger partial charge in [0.25, 0.3) is 5.91 Å². The van der Waals surface area contributed by atoms with E-state index in [1.54, 1.807) is 23.1 Å². The molecule has 2 saturated heterocycles. The summed E-state index contributed by atoms with van der Waals surface area (Å²) in [7, 11) is 0. The number of hydrogen-bond donors (Lipinski definition) is 1. The van der Waals surface area contributed by atoms with Crippen LogP contribution in [0.15, 0.2) is 16.3 Å². The van der Waals surface area contributed by atoms with Crippen LogP contribution in [0.1, 0.15) is 23.0 Å². The van der Waals surface area contributed by atoms with Gasteiger partial charge in [-0.05, 0) is 36.1 Å². The van der Waals surface area contributed by atoms with Crippen molar-refractivity contribution >= 4 is 29.0 Å². The van der Waals surface area contributed by atoms with E-state index in [2.05, 4.69) is 11.8 Å². The summed E-state index contributed by atoms with van der Waals surface area (Å²) in [5.74, 6) is 1.76. The summed E-state index contributed by atoms with van der Waals surface area (Å²) in [6, 6.07) is 4.00. The number of ether oxygens (including phenoxy) is 1. The molecule has 1 aromatic heterocycles. The fraction of sp³-hybridized carbons (Fsp3) is 0.722. The Labute approximate surface area is 158 Å². The Morgan fingerprint density at radius 2 is 2.08 bits per heavy atom. The van der Waals surface area contributed by atoms with Crippen molar-refractivity contribution in [2.45, 2.75) is 17.6 Å². The Kier molecular flexibility index (Phi) is 7.18. The van der Waals surface area contributed by atoms with E-state index in [1.807, 2.05) is 17.0 Å². The second kappa shape index (κ2) is 9.37. The number of amides is 1. The minimum absolute atomic E-state index is 0.123. The summed E-state index contributed by atoms with van der Waals surface area (Å²) >= 11 is 3.37. The first kappa shape index (κ1) is 19.2. The second-order valence-corrected chi connectivity index (χ2v) is 9.47. The molecule has 7 heteroatoms. The highest BCUT2D eigenvalue weighted by atomic mass is 32.2. The highest BCUT2D eigenvalue weighted by molar-refractivity contribution is 8.01. The SMILES string of the molecule is CCSc1ccc(C(=O)N2C[C@H](CO)C[C@H](CN3CCOCC3)C2)s1. The average molecular weight is 385 g/mol. The number of aliphatic hydroxyl groups excluding tert-OH is 1. The number of thioether (sulfide) groups is 1. The molecule has 140 valence electrons. The maximum absolute atomic E-state index is 12.9. The number of piperidine rings is 1. The third-order valence-electron chi connectivity index (χ3n) is 4.87. The van der Waals surface area contributed by atoms with Gasteiger partial charge in [-0.3, -0.25) is 9.69 Å². The topological polar surface area (TPSA) is 53.0 Å². The lowest BCUT2D eigenvalue weighted by molar-refractivity contribution is 0.0131. The summed E-state index contributed by atoms with van der Waals surface area (Å²) in [4.78, 5) is 18.1. The van der Waals surface area contributed by atoms with Gasteiger partial charge >= 0.3 is 0 Å².